The molecule has 3 rings (SSSR count). The van der Waals surface area contributed by atoms with Crippen molar-refractivity contribution in [3.63, 3.8) is 0 Å². The van der Waals surface area contributed by atoms with Crippen LogP contribution in [0.25, 0.3) is 0 Å². The number of nitrogens with one attached hydrogen (secondary N) is 1. The van der Waals surface area contributed by atoms with Gasteiger partial charge in [0.1, 0.15) is 10.7 Å². The predicted molar refractivity (Wildman–Crippen MR) is 88.6 cm³/mol. The molecule has 0 spiro atoms. The lowest BCUT2D eigenvalue weighted by Gasteiger charge is -1.98. The summed E-state index contributed by atoms with van der Waals surface area (Å²) >= 11 is 3.00. The monoisotopic (exact) mass is 344 g/mol. The first-order valence-electron chi connectivity index (χ1n) is 6.70. The first kappa shape index (κ1) is 16.4. The predicted octanol–water partition coefficient (Wildman–Crippen LogP) is 3.00. The topological polar surface area (TPSA) is 80.9 Å². The second-order valence-electron chi connectivity index (χ2n) is 4.73. The smallest absolute Gasteiger partial charge is 0.276 e. The van der Waals surface area contributed by atoms with Crippen LogP contribution in [0.15, 0.2) is 5.38 Å². The number of nitrogens with two attached hydrogens (primary N) is 1. The Balaban J connectivity index is 0.00000161. The maximum Gasteiger partial charge on any atom is 0.276 e. The molecule has 2 aromatic heterocycles. The Morgan fingerprint density at radius 1 is 1.29 bits per heavy atom. The van der Waals surface area contributed by atoms with Crippen molar-refractivity contribution in [3.8, 4) is 0 Å². The van der Waals surface area contributed by atoms with E-state index in [1.165, 1.54) is 35.5 Å². The number of rotatable bonds is 3. The van der Waals surface area contributed by atoms with E-state index in [0.29, 0.717) is 17.4 Å². The lowest BCUT2D eigenvalue weighted by molar-refractivity contribution is 0.102. The highest BCUT2D eigenvalue weighted by Gasteiger charge is 2.17. The van der Waals surface area contributed by atoms with Gasteiger partial charge in [-0.2, -0.15) is 0 Å². The SMILES string of the molecule is Cl.NCc1nc(C(=O)Nc2nc3c(s2)CCCCC3)cs1. The zero-order chi connectivity index (χ0) is 13.9. The summed E-state index contributed by atoms with van der Waals surface area (Å²) < 4.78 is 0. The van der Waals surface area contributed by atoms with Gasteiger partial charge in [0.15, 0.2) is 5.13 Å². The number of fused-ring (bicyclic) bond motifs is 1. The molecule has 1 aliphatic carbocycles. The van der Waals surface area contributed by atoms with Crippen LogP contribution in [-0.4, -0.2) is 15.9 Å². The van der Waals surface area contributed by atoms with Gasteiger partial charge in [-0.05, 0) is 25.7 Å². The molecule has 114 valence electrons. The summed E-state index contributed by atoms with van der Waals surface area (Å²) in [5.41, 5.74) is 7.08. The normalized spacial score (nSPS) is 14.0. The van der Waals surface area contributed by atoms with Gasteiger partial charge in [0.05, 0.1) is 5.69 Å². The van der Waals surface area contributed by atoms with E-state index in [1.807, 2.05) is 0 Å². The van der Waals surface area contributed by atoms with Crippen molar-refractivity contribution < 1.29 is 4.79 Å². The van der Waals surface area contributed by atoms with Crippen LogP contribution in [0.5, 0.6) is 0 Å². The third-order valence-electron chi connectivity index (χ3n) is 3.28. The average Bonchev–Trinajstić information content (AvgIpc) is 3.01. The number of carbonyl (C=O) groups is 1. The molecule has 1 amide bonds. The minimum absolute atomic E-state index is 0. The van der Waals surface area contributed by atoms with Gasteiger partial charge < -0.3 is 5.73 Å². The van der Waals surface area contributed by atoms with Gasteiger partial charge in [0.25, 0.3) is 5.91 Å². The second kappa shape index (κ2) is 7.31. The zero-order valence-corrected chi connectivity index (χ0v) is 13.9. The Labute approximate surface area is 137 Å². The molecule has 0 atom stereocenters. The van der Waals surface area contributed by atoms with Gasteiger partial charge in [-0.25, -0.2) is 9.97 Å². The van der Waals surface area contributed by atoms with Gasteiger partial charge in [0.2, 0.25) is 0 Å². The molecule has 2 heterocycles. The highest BCUT2D eigenvalue weighted by Crippen LogP contribution is 2.29. The summed E-state index contributed by atoms with van der Waals surface area (Å²) in [5, 5.41) is 6.03. The van der Waals surface area contributed by atoms with E-state index in [4.69, 9.17) is 5.73 Å². The Kier molecular flexibility index (Phi) is 5.69. The largest absolute Gasteiger partial charge is 0.325 e. The molecule has 5 nitrogen and oxygen atoms in total. The molecular formula is C13H17ClN4OS2. The fraction of sp³-hybridized carbons (Fsp3) is 0.462. The number of hydrogen-bond acceptors (Lipinski definition) is 6. The summed E-state index contributed by atoms with van der Waals surface area (Å²) in [6, 6.07) is 0. The molecule has 2 aromatic rings. The standard InChI is InChI=1S/C13H16N4OS2.ClH/c14-6-11-15-9(7-19-11)12(18)17-13-16-8-4-2-1-3-5-10(8)20-13;/h7H,1-6,14H2,(H,16,17,18);1H. The summed E-state index contributed by atoms with van der Waals surface area (Å²) in [4.78, 5) is 22.1. The number of halogens is 1. The molecule has 1 aliphatic rings. The lowest BCUT2D eigenvalue weighted by Crippen LogP contribution is -2.12. The lowest BCUT2D eigenvalue weighted by atomic mass is 10.2. The van der Waals surface area contributed by atoms with Crippen LogP contribution in [0.4, 0.5) is 5.13 Å². The quantitative estimate of drug-likeness (QED) is 0.839. The zero-order valence-electron chi connectivity index (χ0n) is 11.4. The molecule has 21 heavy (non-hydrogen) atoms. The fourth-order valence-corrected chi connectivity index (χ4v) is 3.95. The second-order valence-corrected chi connectivity index (χ2v) is 6.76. The number of aromatic nitrogens is 2. The maximum absolute atomic E-state index is 12.1. The molecule has 0 fully saturated rings. The third-order valence-corrected chi connectivity index (χ3v) is 5.22. The highest BCUT2D eigenvalue weighted by atomic mass is 35.5. The first-order valence-corrected chi connectivity index (χ1v) is 8.40. The number of carbonyl (C=O) groups excluding carboxylic acids is 1. The van der Waals surface area contributed by atoms with Crippen LogP contribution in [0.3, 0.4) is 0 Å². The van der Waals surface area contributed by atoms with Crippen molar-refractivity contribution in [2.24, 2.45) is 5.73 Å². The molecule has 0 saturated heterocycles. The van der Waals surface area contributed by atoms with Crippen molar-refractivity contribution in [3.05, 3.63) is 26.7 Å². The average molecular weight is 345 g/mol. The number of aryl methyl sites for hydroxylation is 2. The molecule has 0 unspecified atom stereocenters. The van der Waals surface area contributed by atoms with Crippen molar-refractivity contribution in [2.45, 2.75) is 38.6 Å². The molecule has 0 radical (unpaired) electrons. The van der Waals surface area contributed by atoms with E-state index in [2.05, 4.69) is 15.3 Å². The number of nitrogens with zero attached hydrogens (tertiary/aromatic N) is 2. The van der Waals surface area contributed by atoms with E-state index >= 15 is 0 Å². The van der Waals surface area contributed by atoms with Gasteiger partial charge in [-0.3, -0.25) is 10.1 Å². The number of hydrogen-bond donors (Lipinski definition) is 2. The molecular weight excluding hydrogens is 328 g/mol. The number of anilines is 1. The summed E-state index contributed by atoms with van der Waals surface area (Å²) in [6.07, 6.45) is 5.78. The molecule has 0 saturated carbocycles. The summed E-state index contributed by atoms with van der Waals surface area (Å²) in [7, 11) is 0. The van der Waals surface area contributed by atoms with Gasteiger partial charge >= 0.3 is 0 Å². The van der Waals surface area contributed by atoms with Gasteiger partial charge in [0, 0.05) is 16.8 Å². The minimum Gasteiger partial charge on any atom is -0.325 e. The number of thiazole rings is 2. The fourth-order valence-electron chi connectivity index (χ4n) is 2.25. The van der Waals surface area contributed by atoms with E-state index in [-0.39, 0.29) is 18.3 Å². The van der Waals surface area contributed by atoms with Crippen molar-refractivity contribution in [1.82, 2.24) is 9.97 Å². The first-order chi connectivity index (χ1) is 9.76. The van der Waals surface area contributed by atoms with Crippen LogP contribution in [0.2, 0.25) is 0 Å². The van der Waals surface area contributed by atoms with E-state index < -0.39 is 0 Å². The molecule has 0 aliphatic heterocycles. The Bertz CT molecular complexity index is 602. The van der Waals surface area contributed by atoms with Crippen LogP contribution >= 0.6 is 35.1 Å². The van der Waals surface area contributed by atoms with Crippen LogP contribution in [0.1, 0.15) is 45.3 Å². The third kappa shape index (κ3) is 3.79. The molecule has 0 bridgehead atoms. The minimum atomic E-state index is -0.204. The molecule has 3 N–H and O–H groups in total. The molecule has 0 aromatic carbocycles. The van der Waals surface area contributed by atoms with Gasteiger partial charge in [-0.1, -0.05) is 6.42 Å². The summed E-state index contributed by atoms with van der Waals surface area (Å²) in [6.45, 7) is 0.365. The van der Waals surface area contributed by atoms with E-state index in [9.17, 15) is 4.79 Å². The van der Waals surface area contributed by atoms with Gasteiger partial charge in [-0.15, -0.1) is 35.1 Å². The summed E-state index contributed by atoms with van der Waals surface area (Å²) in [5.74, 6) is -0.204. The number of amides is 1. The van der Waals surface area contributed by atoms with Crippen molar-refractivity contribution in [2.75, 3.05) is 5.32 Å². The Hall–Kier alpha value is -1.02. The maximum atomic E-state index is 12.1. The van der Waals surface area contributed by atoms with Crippen molar-refractivity contribution in [1.29, 1.82) is 0 Å². The van der Waals surface area contributed by atoms with Crippen LogP contribution < -0.4 is 11.1 Å². The van der Waals surface area contributed by atoms with Crippen LogP contribution in [-0.2, 0) is 19.4 Å². The van der Waals surface area contributed by atoms with E-state index in [1.54, 1.807) is 16.7 Å². The molecule has 8 heteroatoms. The van der Waals surface area contributed by atoms with Crippen molar-refractivity contribution >= 4 is 46.1 Å². The highest BCUT2D eigenvalue weighted by molar-refractivity contribution is 7.16. The Morgan fingerprint density at radius 2 is 2.10 bits per heavy atom. The van der Waals surface area contributed by atoms with E-state index in [0.717, 1.165) is 23.5 Å². The van der Waals surface area contributed by atoms with Crippen LogP contribution in [0, 0.1) is 0 Å². The Morgan fingerprint density at radius 3 is 2.86 bits per heavy atom.